The number of halogens is 2. The molecule has 2 unspecified atom stereocenters. The lowest BCUT2D eigenvalue weighted by Crippen LogP contribution is -2.08. The van der Waals surface area contributed by atoms with E-state index < -0.39 is 0 Å². The molecule has 0 saturated heterocycles. The van der Waals surface area contributed by atoms with Gasteiger partial charge in [0.15, 0.2) is 5.82 Å². The Morgan fingerprint density at radius 1 is 1.04 bits per heavy atom. The third kappa shape index (κ3) is 2.35. The molecule has 0 amide bonds. The van der Waals surface area contributed by atoms with E-state index in [1.165, 1.54) is 11.1 Å². The van der Waals surface area contributed by atoms with Gasteiger partial charge in [-0.25, -0.2) is 0 Å². The van der Waals surface area contributed by atoms with Crippen LogP contribution in [0.3, 0.4) is 0 Å². The molecule has 1 aliphatic rings. The fourth-order valence-electron chi connectivity index (χ4n) is 3.46. The molecule has 5 heteroatoms. The summed E-state index contributed by atoms with van der Waals surface area (Å²) < 4.78 is 2.11. The maximum atomic E-state index is 6.38. The third-order valence-corrected chi connectivity index (χ3v) is 5.38. The molecule has 0 N–H and O–H groups in total. The van der Waals surface area contributed by atoms with E-state index in [1.807, 2.05) is 12.1 Å². The zero-order valence-electron chi connectivity index (χ0n) is 12.6. The quantitative estimate of drug-likeness (QED) is 0.627. The Balaban J connectivity index is 1.85. The van der Waals surface area contributed by atoms with Crippen molar-refractivity contribution in [3.05, 3.63) is 70.0 Å². The van der Waals surface area contributed by atoms with Gasteiger partial charge in [0.1, 0.15) is 6.33 Å². The Hall–Kier alpha value is -1.84. The summed E-state index contributed by atoms with van der Waals surface area (Å²) in [6.45, 7) is 2.26. The van der Waals surface area contributed by atoms with Crippen molar-refractivity contribution in [3.63, 3.8) is 0 Å². The zero-order valence-corrected chi connectivity index (χ0v) is 14.1. The van der Waals surface area contributed by atoms with Gasteiger partial charge >= 0.3 is 0 Å². The van der Waals surface area contributed by atoms with Gasteiger partial charge in [-0.1, -0.05) is 60.5 Å². The average Bonchev–Trinajstić information content (AvgIpc) is 3.15. The predicted octanol–water partition coefficient (Wildman–Crippen LogP) is 5.35. The number of aromatic nitrogens is 3. The first-order valence-corrected chi connectivity index (χ1v) is 8.35. The number of benzene rings is 2. The lowest BCUT2D eigenvalue weighted by molar-refractivity contribution is 0.547. The topological polar surface area (TPSA) is 30.7 Å². The van der Waals surface area contributed by atoms with Crippen molar-refractivity contribution in [1.29, 1.82) is 0 Å². The van der Waals surface area contributed by atoms with Crippen LogP contribution in [0.4, 0.5) is 0 Å². The van der Waals surface area contributed by atoms with E-state index in [4.69, 9.17) is 23.2 Å². The normalized spacial score (nSPS) is 19.8. The van der Waals surface area contributed by atoms with Gasteiger partial charge in [-0.15, -0.1) is 10.2 Å². The van der Waals surface area contributed by atoms with Gasteiger partial charge in [0.2, 0.25) is 0 Å². The number of hydrogen-bond donors (Lipinski definition) is 0. The second kappa shape index (κ2) is 5.66. The first kappa shape index (κ1) is 14.7. The van der Waals surface area contributed by atoms with Gasteiger partial charge in [0, 0.05) is 5.56 Å². The van der Waals surface area contributed by atoms with E-state index in [0.29, 0.717) is 16.0 Å². The smallest absolute Gasteiger partial charge is 0.165 e. The summed E-state index contributed by atoms with van der Waals surface area (Å²) in [7, 11) is 0. The minimum absolute atomic E-state index is 0.223. The largest absolute Gasteiger partial charge is 0.306 e. The van der Waals surface area contributed by atoms with Crippen LogP contribution in [-0.2, 0) is 0 Å². The molecule has 1 aliphatic carbocycles. The van der Waals surface area contributed by atoms with Crippen LogP contribution in [0.15, 0.2) is 48.8 Å². The Morgan fingerprint density at radius 2 is 1.83 bits per heavy atom. The Bertz CT molecular complexity index is 872. The van der Waals surface area contributed by atoms with Gasteiger partial charge in [-0.3, -0.25) is 0 Å². The minimum atomic E-state index is 0.223. The van der Waals surface area contributed by atoms with Gasteiger partial charge < -0.3 is 4.57 Å². The summed E-state index contributed by atoms with van der Waals surface area (Å²) in [6, 6.07) is 14.4. The van der Waals surface area contributed by atoms with Crippen molar-refractivity contribution in [3.8, 4) is 11.4 Å². The fourth-order valence-corrected chi connectivity index (χ4v) is 3.84. The molecule has 4 rings (SSSR count). The molecular weight excluding hydrogens is 329 g/mol. The van der Waals surface area contributed by atoms with Crippen LogP contribution in [-0.4, -0.2) is 14.8 Å². The lowest BCUT2D eigenvalue weighted by atomic mass is 10.0. The maximum Gasteiger partial charge on any atom is 0.165 e. The Morgan fingerprint density at radius 3 is 2.65 bits per heavy atom. The SMILES string of the molecule is CC1CC(n2cnnc2-c2cccc(Cl)c2Cl)c2ccccc21. The molecule has 2 aromatic carbocycles. The van der Waals surface area contributed by atoms with Crippen LogP contribution in [0.2, 0.25) is 10.0 Å². The number of fused-ring (bicyclic) bond motifs is 1. The van der Waals surface area contributed by atoms with Crippen LogP contribution in [0.25, 0.3) is 11.4 Å². The van der Waals surface area contributed by atoms with Crippen LogP contribution >= 0.6 is 23.2 Å². The molecule has 116 valence electrons. The van der Waals surface area contributed by atoms with Crippen molar-refractivity contribution in [2.45, 2.75) is 25.3 Å². The standard InChI is InChI=1S/C18H15Cl2N3/c1-11-9-16(13-6-3-2-5-12(11)13)23-10-21-22-18(23)14-7-4-8-15(19)17(14)20/h2-8,10-11,16H,9H2,1H3. The van der Waals surface area contributed by atoms with Crippen molar-refractivity contribution in [1.82, 2.24) is 14.8 Å². The Kier molecular flexibility index (Phi) is 3.63. The highest BCUT2D eigenvalue weighted by atomic mass is 35.5. The van der Waals surface area contributed by atoms with Gasteiger partial charge in [-0.05, 0) is 35.6 Å². The fraction of sp³-hybridized carbons (Fsp3) is 0.222. The number of nitrogens with zero attached hydrogens (tertiary/aromatic N) is 3. The van der Waals surface area contributed by atoms with E-state index in [0.717, 1.165) is 17.8 Å². The monoisotopic (exact) mass is 343 g/mol. The minimum Gasteiger partial charge on any atom is -0.306 e. The van der Waals surface area contributed by atoms with Crippen molar-refractivity contribution in [2.24, 2.45) is 0 Å². The van der Waals surface area contributed by atoms with Crippen LogP contribution < -0.4 is 0 Å². The van der Waals surface area contributed by atoms with E-state index in [1.54, 1.807) is 12.4 Å². The van der Waals surface area contributed by atoms with Crippen LogP contribution in [0, 0.1) is 0 Å². The molecule has 3 nitrogen and oxygen atoms in total. The van der Waals surface area contributed by atoms with Crippen molar-refractivity contribution in [2.75, 3.05) is 0 Å². The number of rotatable bonds is 2. The molecule has 0 saturated carbocycles. The van der Waals surface area contributed by atoms with Gasteiger partial charge in [0.25, 0.3) is 0 Å². The molecule has 0 bridgehead atoms. The van der Waals surface area contributed by atoms with Crippen molar-refractivity contribution < 1.29 is 0 Å². The summed E-state index contributed by atoms with van der Waals surface area (Å²) in [5.41, 5.74) is 3.54. The predicted molar refractivity (Wildman–Crippen MR) is 93.1 cm³/mol. The summed E-state index contributed by atoms with van der Waals surface area (Å²) >= 11 is 12.5. The second-order valence-electron chi connectivity index (χ2n) is 5.94. The molecule has 23 heavy (non-hydrogen) atoms. The van der Waals surface area contributed by atoms with Gasteiger partial charge in [-0.2, -0.15) is 0 Å². The average molecular weight is 344 g/mol. The molecule has 0 spiro atoms. The summed E-state index contributed by atoms with van der Waals surface area (Å²) in [4.78, 5) is 0. The molecular formula is C18H15Cl2N3. The van der Waals surface area contributed by atoms with Crippen LogP contribution in [0.1, 0.15) is 36.4 Å². The highest BCUT2D eigenvalue weighted by Crippen LogP contribution is 2.44. The van der Waals surface area contributed by atoms with E-state index >= 15 is 0 Å². The Labute approximate surface area is 144 Å². The first-order chi connectivity index (χ1) is 11.2. The van der Waals surface area contributed by atoms with Crippen molar-refractivity contribution >= 4 is 23.2 Å². The zero-order chi connectivity index (χ0) is 16.0. The molecule has 1 aromatic heterocycles. The summed E-state index contributed by atoms with van der Waals surface area (Å²) in [5, 5.41) is 9.47. The van der Waals surface area contributed by atoms with Gasteiger partial charge in [0.05, 0.1) is 16.1 Å². The molecule has 3 aromatic rings. The van der Waals surface area contributed by atoms with E-state index in [9.17, 15) is 0 Å². The summed E-state index contributed by atoms with van der Waals surface area (Å²) in [6.07, 6.45) is 2.81. The maximum absolute atomic E-state index is 6.38. The molecule has 0 radical (unpaired) electrons. The molecule has 1 heterocycles. The van der Waals surface area contributed by atoms with E-state index in [-0.39, 0.29) is 6.04 Å². The summed E-state index contributed by atoms with van der Waals surface area (Å²) in [5.74, 6) is 1.27. The molecule has 2 atom stereocenters. The number of hydrogen-bond acceptors (Lipinski definition) is 2. The molecule has 0 fully saturated rings. The highest BCUT2D eigenvalue weighted by Gasteiger charge is 2.31. The van der Waals surface area contributed by atoms with Crippen LogP contribution in [0.5, 0.6) is 0 Å². The third-order valence-electron chi connectivity index (χ3n) is 4.56. The van der Waals surface area contributed by atoms with E-state index in [2.05, 4.69) is 46.0 Å². The second-order valence-corrected chi connectivity index (χ2v) is 6.73. The lowest BCUT2D eigenvalue weighted by Gasteiger charge is -2.16. The first-order valence-electron chi connectivity index (χ1n) is 7.59. The highest BCUT2D eigenvalue weighted by molar-refractivity contribution is 6.43. The molecule has 0 aliphatic heterocycles.